The van der Waals surface area contributed by atoms with Crippen molar-refractivity contribution in [1.29, 1.82) is 0 Å². The molecule has 0 bridgehead atoms. The fourth-order valence-corrected chi connectivity index (χ4v) is 5.83. The van der Waals surface area contributed by atoms with Crippen LogP contribution < -0.4 is 4.72 Å². The van der Waals surface area contributed by atoms with Gasteiger partial charge in [0, 0.05) is 39.6 Å². The van der Waals surface area contributed by atoms with Crippen LogP contribution in [0.3, 0.4) is 0 Å². The third-order valence-electron chi connectivity index (χ3n) is 5.79. The number of fused-ring (bicyclic) bond motifs is 1. The molecule has 7 nitrogen and oxygen atoms in total. The minimum Gasteiger partial charge on any atom is -0.477 e. The number of benzene rings is 2. The largest absolute Gasteiger partial charge is 0.477 e. The van der Waals surface area contributed by atoms with Crippen LogP contribution in [0, 0.1) is 12.7 Å². The number of halogens is 1. The molecule has 0 aliphatic heterocycles. The van der Waals surface area contributed by atoms with E-state index in [0.29, 0.717) is 10.9 Å². The average Bonchev–Trinajstić information content (AvgIpc) is 3.07. The highest BCUT2D eigenvalue weighted by molar-refractivity contribution is 7.89. The lowest BCUT2D eigenvalue weighted by molar-refractivity contribution is -0.113. The Morgan fingerprint density at radius 2 is 1.89 bits per heavy atom. The molecule has 36 heavy (non-hydrogen) atoms. The molecule has 0 spiro atoms. The van der Waals surface area contributed by atoms with Crippen molar-refractivity contribution in [2.24, 2.45) is 0 Å². The molecule has 0 fully saturated rings. The first-order chi connectivity index (χ1) is 16.8. The van der Waals surface area contributed by atoms with Gasteiger partial charge in [0.05, 0.1) is 11.4 Å². The van der Waals surface area contributed by atoms with Crippen LogP contribution >= 0.6 is 0 Å². The van der Waals surface area contributed by atoms with E-state index in [4.69, 9.17) is 0 Å². The number of hydrogen-bond donors (Lipinski definition) is 2. The number of carbonyl (C=O) groups is 2. The minimum absolute atomic E-state index is 0.00200. The molecule has 0 unspecified atom stereocenters. The second-order valence-corrected chi connectivity index (χ2v) is 11.6. The summed E-state index contributed by atoms with van der Waals surface area (Å²) in [5.74, 6) is -2.17. The normalized spacial score (nSPS) is 14.4. The van der Waals surface area contributed by atoms with Crippen molar-refractivity contribution in [2.45, 2.75) is 51.1 Å². The highest BCUT2D eigenvalue weighted by Crippen LogP contribution is 2.35. The number of aromatic nitrogens is 1. The van der Waals surface area contributed by atoms with Crippen molar-refractivity contribution in [3.63, 3.8) is 0 Å². The predicted octanol–water partition coefficient (Wildman–Crippen LogP) is 4.82. The molecule has 1 aliphatic carbocycles. The first-order valence-electron chi connectivity index (χ1n) is 11.4. The Labute approximate surface area is 209 Å². The number of ketones is 1. The summed E-state index contributed by atoms with van der Waals surface area (Å²) in [5.41, 5.74) is 1.00. The van der Waals surface area contributed by atoms with Crippen molar-refractivity contribution in [3.05, 3.63) is 82.8 Å². The second kappa shape index (κ2) is 9.15. The van der Waals surface area contributed by atoms with E-state index in [-0.39, 0.29) is 46.0 Å². The number of aryl methyl sites for hydroxylation is 1. The van der Waals surface area contributed by atoms with Crippen molar-refractivity contribution in [1.82, 2.24) is 9.29 Å². The van der Waals surface area contributed by atoms with E-state index in [1.807, 2.05) is 6.92 Å². The third-order valence-corrected chi connectivity index (χ3v) is 7.55. The topological polar surface area (TPSA) is 105 Å². The van der Waals surface area contributed by atoms with E-state index in [0.717, 1.165) is 11.6 Å². The smallest absolute Gasteiger partial charge is 0.353 e. The van der Waals surface area contributed by atoms with Gasteiger partial charge in [0.1, 0.15) is 11.5 Å². The molecule has 1 aliphatic rings. The Hall–Kier alpha value is -3.56. The predicted molar refractivity (Wildman–Crippen MR) is 136 cm³/mol. The first kappa shape index (κ1) is 25.5. The standard InChI is InChI=1S/C27H27FN2O5S/c1-16-9-12-22-20(13-16)24(19-7-5-6-8-23(19)31)25(26(32)33)30(22)15-17-14-18(10-11-21(17)28)36(34,35)29-27(2,3)4/h5-7,9-14,29H,8,15H2,1-4H3,(H,32,33). The lowest BCUT2D eigenvalue weighted by Gasteiger charge is -2.20. The summed E-state index contributed by atoms with van der Waals surface area (Å²) >= 11 is 0. The summed E-state index contributed by atoms with van der Waals surface area (Å²) in [6.07, 6.45) is 5.14. The average molecular weight is 511 g/mol. The number of sulfonamides is 1. The number of carboxylic acids is 1. The molecule has 3 aromatic rings. The number of nitrogens with zero attached hydrogens (tertiary/aromatic N) is 1. The van der Waals surface area contributed by atoms with Crippen LogP contribution in [0.2, 0.25) is 0 Å². The van der Waals surface area contributed by atoms with Gasteiger partial charge in [0.25, 0.3) is 0 Å². The molecule has 1 aromatic heterocycles. The Balaban J connectivity index is 1.94. The number of aromatic carboxylic acids is 1. The maximum absolute atomic E-state index is 15.0. The zero-order valence-corrected chi connectivity index (χ0v) is 21.2. The lowest BCUT2D eigenvalue weighted by Crippen LogP contribution is -2.40. The van der Waals surface area contributed by atoms with Crippen LogP contribution in [0.15, 0.2) is 59.5 Å². The number of rotatable bonds is 6. The highest BCUT2D eigenvalue weighted by atomic mass is 32.2. The van der Waals surface area contributed by atoms with Gasteiger partial charge in [-0.2, -0.15) is 0 Å². The van der Waals surface area contributed by atoms with E-state index in [2.05, 4.69) is 4.72 Å². The molecule has 0 saturated heterocycles. The van der Waals surface area contributed by atoms with Gasteiger partial charge in [-0.15, -0.1) is 0 Å². The Bertz CT molecular complexity index is 1570. The molecule has 9 heteroatoms. The highest BCUT2D eigenvalue weighted by Gasteiger charge is 2.29. The van der Waals surface area contributed by atoms with E-state index in [9.17, 15) is 27.5 Å². The zero-order chi connectivity index (χ0) is 26.4. The first-order valence-corrected chi connectivity index (χ1v) is 12.9. The van der Waals surface area contributed by atoms with Gasteiger partial charge in [-0.25, -0.2) is 22.3 Å². The molecule has 0 amide bonds. The SMILES string of the molecule is Cc1ccc2c(c1)c(C1=CC=CCC1=O)c(C(=O)O)n2Cc1cc(S(=O)(=O)NC(C)(C)C)ccc1F. The van der Waals surface area contributed by atoms with Gasteiger partial charge in [-0.1, -0.05) is 29.9 Å². The monoisotopic (exact) mass is 510 g/mol. The molecule has 0 atom stereocenters. The van der Waals surface area contributed by atoms with Crippen LogP contribution in [0.5, 0.6) is 0 Å². The van der Waals surface area contributed by atoms with Crippen LogP contribution in [0.4, 0.5) is 4.39 Å². The second-order valence-electron chi connectivity index (χ2n) is 9.88. The van der Waals surface area contributed by atoms with Crippen LogP contribution in [-0.4, -0.2) is 35.4 Å². The molecule has 1 heterocycles. The zero-order valence-electron chi connectivity index (χ0n) is 20.4. The van der Waals surface area contributed by atoms with Crippen LogP contribution in [0.1, 0.15) is 54.4 Å². The van der Waals surface area contributed by atoms with Gasteiger partial charge in [-0.05, 0) is 58.0 Å². The van der Waals surface area contributed by atoms with Gasteiger partial charge >= 0.3 is 5.97 Å². The van der Waals surface area contributed by atoms with Crippen molar-refractivity contribution in [3.8, 4) is 0 Å². The van der Waals surface area contributed by atoms with Crippen LogP contribution in [-0.2, 0) is 21.4 Å². The molecule has 2 aromatic carbocycles. The summed E-state index contributed by atoms with van der Waals surface area (Å²) < 4.78 is 44.6. The molecular weight excluding hydrogens is 483 g/mol. The number of carbonyl (C=O) groups excluding carboxylic acids is 1. The molecule has 2 N–H and O–H groups in total. The Morgan fingerprint density at radius 3 is 2.53 bits per heavy atom. The van der Waals surface area contributed by atoms with E-state index < -0.39 is 27.3 Å². The van der Waals surface area contributed by atoms with Gasteiger partial charge < -0.3 is 9.67 Å². The molecule has 4 rings (SSSR count). The number of allylic oxidation sites excluding steroid dienone is 4. The quantitative estimate of drug-likeness (QED) is 0.494. The fraction of sp³-hybridized carbons (Fsp3) is 0.259. The van der Waals surface area contributed by atoms with E-state index in [1.54, 1.807) is 57.2 Å². The van der Waals surface area contributed by atoms with Gasteiger partial charge in [0.2, 0.25) is 10.0 Å². The Morgan fingerprint density at radius 1 is 1.17 bits per heavy atom. The van der Waals surface area contributed by atoms with Crippen molar-refractivity contribution < 1.29 is 27.5 Å². The molecule has 188 valence electrons. The summed E-state index contributed by atoms with van der Waals surface area (Å²) in [6, 6.07) is 8.76. The lowest BCUT2D eigenvalue weighted by atomic mass is 9.93. The fourth-order valence-electron chi connectivity index (χ4n) is 4.36. The summed E-state index contributed by atoms with van der Waals surface area (Å²) in [6.45, 7) is 6.69. The van der Waals surface area contributed by atoms with Crippen molar-refractivity contribution >= 4 is 38.3 Å². The van der Waals surface area contributed by atoms with E-state index >= 15 is 0 Å². The number of nitrogens with one attached hydrogen (secondary N) is 1. The third kappa shape index (κ3) is 4.89. The maximum Gasteiger partial charge on any atom is 0.353 e. The van der Waals surface area contributed by atoms with E-state index in [1.165, 1.54) is 16.7 Å². The minimum atomic E-state index is -3.95. The summed E-state index contributed by atoms with van der Waals surface area (Å²) in [4.78, 5) is 25.1. The van der Waals surface area contributed by atoms with Crippen LogP contribution in [0.25, 0.3) is 16.5 Å². The molecule has 0 saturated carbocycles. The van der Waals surface area contributed by atoms with Crippen molar-refractivity contribution in [2.75, 3.05) is 0 Å². The summed E-state index contributed by atoms with van der Waals surface area (Å²) in [7, 11) is -3.95. The number of Topliss-reactive ketones (excluding diaryl/α,β-unsaturated/α-hetero) is 1. The maximum atomic E-state index is 15.0. The number of carboxylic acid groups (broad SMARTS) is 1. The van der Waals surface area contributed by atoms with Gasteiger partial charge in [-0.3, -0.25) is 4.79 Å². The Kier molecular flexibility index (Phi) is 6.49. The summed E-state index contributed by atoms with van der Waals surface area (Å²) in [5, 5.41) is 10.8. The number of hydrogen-bond acceptors (Lipinski definition) is 4. The molecule has 0 radical (unpaired) electrons. The molecular formula is C27H27FN2O5S. The van der Waals surface area contributed by atoms with Gasteiger partial charge in [0.15, 0.2) is 5.78 Å².